The molecule has 1 aromatic rings. The Morgan fingerprint density at radius 3 is 2.69 bits per heavy atom. The number of ether oxygens (including phenoxy) is 2. The van der Waals surface area contributed by atoms with Gasteiger partial charge in [-0.3, -0.25) is 0 Å². The Hall–Kier alpha value is -1.18. The Morgan fingerprint density at radius 2 is 2.08 bits per heavy atom. The lowest BCUT2D eigenvalue weighted by molar-refractivity contribution is 0.293. The zero-order valence-electron chi connectivity index (χ0n) is 8.46. The van der Waals surface area contributed by atoms with Gasteiger partial charge in [0.15, 0.2) is 11.5 Å². The van der Waals surface area contributed by atoms with Crippen LogP contribution >= 0.6 is 0 Å². The van der Waals surface area contributed by atoms with Crippen LogP contribution in [0, 0.1) is 6.92 Å². The number of benzene rings is 1. The SMILES string of the molecule is CCCOc1cccc(C)c1OC. The van der Waals surface area contributed by atoms with Crippen molar-refractivity contribution in [1.82, 2.24) is 0 Å². The first-order valence-corrected chi connectivity index (χ1v) is 4.56. The van der Waals surface area contributed by atoms with Crippen molar-refractivity contribution in [3.05, 3.63) is 23.8 Å². The van der Waals surface area contributed by atoms with E-state index in [-0.39, 0.29) is 0 Å². The van der Waals surface area contributed by atoms with Gasteiger partial charge in [-0.15, -0.1) is 0 Å². The lowest BCUT2D eigenvalue weighted by Crippen LogP contribution is -1.98. The molecule has 0 heterocycles. The molecule has 0 saturated carbocycles. The van der Waals surface area contributed by atoms with Crippen molar-refractivity contribution >= 4 is 0 Å². The molecule has 0 fully saturated rings. The molecule has 0 amide bonds. The van der Waals surface area contributed by atoms with Crippen molar-refractivity contribution in [3.8, 4) is 11.5 Å². The Kier molecular flexibility index (Phi) is 3.62. The molecule has 0 saturated heterocycles. The van der Waals surface area contributed by atoms with E-state index in [0.29, 0.717) is 0 Å². The monoisotopic (exact) mass is 180 g/mol. The average Bonchev–Trinajstić information content (AvgIpc) is 2.15. The highest BCUT2D eigenvalue weighted by atomic mass is 16.5. The third-order valence-electron chi connectivity index (χ3n) is 1.84. The summed E-state index contributed by atoms with van der Waals surface area (Å²) in [7, 11) is 1.67. The summed E-state index contributed by atoms with van der Waals surface area (Å²) >= 11 is 0. The number of rotatable bonds is 4. The van der Waals surface area contributed by atoms with E-state index in [2.05, 4.69) is 6.92 Å². The fourth-order valence-corrected chi connectivity index (χ4v) is 1.21. The number of para-hydroxylation sites is 1. The Bertz CT molecular complexity index is 269. The normalized spacial score (nSPS) is 9.77. The molecule has 2 heteroatoms. The number of methoxy groups -OCH3 is 1. The Balaban J connectivity index is 2.85. The van der Waals surface area contributed by atoms with E-state index in [4.69, 9.17) is 9.47 Å². The van der Waals surface area contributed by atoms with E-state index in [1.165, 1.54) is 0 Å². The minimum atomic E-state index is 0.736. The summed E-state index contributed by atoms with van der Waals surface area (Å²) < 4.78 is 10.8. The topological polar surface area (TPSA) is 18.5 Å². The van der Waals surface area contributed by atoms with E-state index >= 15 is 0 Å². The van der Waals surface area contributed by atoms with Gasteiger partial charge < -0.3 is 9.47 Å². The second kappa shape index (κ2) is 4.75. The summed E-state index contributed by atoms with van der Waals surface area (Å²) in [6, 6.07) is 5.92. The maximum Gasteiger partial charge on any atom is 0.163 e. The molecular weight excluding hydrogens is 164 g/mol. The highest BCUT2D eigenvalue weighted by Crippen LogP contribution is 2.30. The summed E-state index contributed by atoms with van der Waals surface area (Å²) in [5.74, 6) is 1.68. The van der Waals surface area contributed by atoms with Crippen molar-refractivity contribution in [2.45, 2.75) is 20.3 Å². The molecule has 1 aromatic carbocycles. The third kappa shape index (κ3) is 2.38. The van der Waals surface area contributed by atoms with Gasteiger partial charge in [0.25, 0.3) is 0 Å². The van der Waals surface area contributed by atoms with E-state index in [1.54, 1.807) is 7.11 Å². The second-order valence-electron chi connectivity index (χ2n) is 2.95. The first kappa shape index (κ1) is 9.90. The number of aryl methyl sites for hydroxylation is 1. The summed E-state index contributed by atoms with van der Waals surface area (Å²) in [5, 5.41) is 0. The fraction of sp³-hybridized carbons (Fsp3) is 0.455. The van der Waals surface area contributed by atoms with Crippen molar-refractivity contribution in [2.24, 2.45) is 0 Å². The van der Waals surface area contributed by atoms with Gasteiger partial charge in [-0.1, -0.05) is 19.1 Å². The van der Waals surface area contributed by atoms with Crippen LogP contribution in [0.1, 0.15) is 18.9 Å². The summed E-state index contributed by atoms with van der Waals surface area (Å²) in [6.45, 7) is 4.83. The largest absolute Gasteiger partial charge is 0.493 e. The lowest BCUT2D eigenvalue weighted by Gasteiger charge is -2.11. The standard InChI is InChI=1S/C11H16O2/c1-4-8-13-10-7-5-6-9(2)11(10)12-3/h5-7H,4,8H2,1-3H3. The molecule has 0 aromatic heterocycles. The highest BCUT2D eigenvalue weighted by Gasteiger charge is 2.05. The third-order valence-corrected chi connectivity index (χ3v) is 1.84. The minimum Gasteiger partial charge on any atom is -0.493 e. The van der Waals surface area contributed by atoms with Gasteiger partial charge in [-0.25, -0.2) is 0 Å². The lowest BCUT2D eigenvalue weighted by atomic mass is 10.2. The molecule has 0 aliphatic carbocycles. The van der Waals surface area contributed by atoms with Crippen LogP contribution in [0.25, 0.3) is 0 Å². The predicted molar refractivity (Wildman–Crippen MR) is 53.5 cm³/mol. The Morgan fingerprint density at radius 1 is 1.31 bits per heavy atom. The first-order chi connectivity index (χ1) is 6.29. The predicted octanol–water partition coefficient (Wildman–Crippen LogP) is 2.79. The molecule has 0 unspecified atom stereocenters. The maximum atomic E-state index is 5.53. The molecule has 0 N–H and O–H groups in total. The molecule has 0 bridgehead atoms. The molecule has 13 heavy (non-hydrogen) atoms. The van der Waals surface area contributed by atoms with E-state index in [0.717, 1.165) is 30.1 Å². The fourth-order valence-electron chi connectivity index (χ4n) is 1.21. The van der Waals surface area contributed by atoms with Gasteiger partial charge in [0.1, 0.15) is 0 Å². The van der Waals surface area contributed by atoms with Crippen LogP contribution in [0.3, 0.4) is 0 Å². The molecule has 0 aliphatic heterocycles. The van der Waals surface area contributed by atoms with E-state index in [1.807, 2.05) is 25.1 Å². The molecule has 0 spiro atoms. The Labute approximate surface area is 79.5 Å². The van der Waals surface area contributed by atoms with Gasteiger partial charge >= 0.3 is 0 Å². The van der Waals surface area contributed by atoms with Gasteiger partial charge in [0, 0.05) is 0 Å². The maximum absolute atomic E-state index is 5.53. The molecule has 72 valence electrons. The summed E-state index contributed by atoms with van der Waals surface area (Å²) in [5.41, 5.74) is 1.11. The van der Waals surface area contributed by atoms with Crippen LogP contribution in [-0.2, 0) is 0 Å². The number of hydrogen-bond donors (Lipinski definition) is 0. The average molecular weight is 180 g/mol. The van der Waals surface area contributed by atoms with Crippen molar-refractivity contribution < 1.29 is 9.47 Å². The van der Waals surface area contributed by atoms with Crippen LogP contribution < -0.4 is 9.47 Å². The van der Waals surface area contributed by atoms with Crippen molar-refractivity contribution in [2.75, 3.05) is 13.7 Å². The minimum absolute atomic E-state index is 0.736. The quantitative estimate of drug-likeness (QED) is 0.709. The van der Waals surface area contributed by atoms with Gasteiger partial charge in [-0.05, 0) is 25.0 Å². The van der Waals surface area contributed by atoms with Crippen LogP contribution in [0.4, 0.5) is 0 Å². The van der Waals surface area contributed by atoms with E-state index < -0.39 is 0 Å². The zero-order valence-corrected chi connectivity index (χ0v) is 8.46. The van der Waals surface area contributed by atoms with Gasteiger partial charge in [-0.2, -0.15) is 0 Å². The highest BCUT2D eigenvalue weighted by molar-refractivity contribution is 5.45. The van der Waals surface area contributed by atoms with Crippen LogP contribution in [0.2, 0.25) is 0 Å². The second-order valence-corrected chi connectivity index (χ2v) is 2.95. The summed E-state index contributed by atoms with van der Waals surface area (Å²) in [4.78, 5) is 0. The van der Waals surface area contributed by atoms with Crippen molar-refractivity contribution in [3.63, 3.8) is 0 Å². The molecule has 1 rings (SSSR count). The van der Waals surface area contributed by atoms with Crippen LogP contribution in [-0.4, -0.2) is 13.7 Å². The zero-order chi connectivity index (χ0) is 9.68. The van der Waals surface area contributed by atoms with Crippen LogP contribution in [0.15, 0.2) is 18.2 Å². The van der Waals surface area contributed by atoms with Crippen LogP contribution in [0.5, 0.6) is 11.5 Å². The molecule has 0 radical (unpaired) electrons. The van der Waals surface area contributed by atoms with Gasteiger partial charge in [0.2, 0.25) is 0 Å². The molecule has 0 aliphatic rings. The molecule has 2 nitrogen and oxygen atoms in total. The smallest absolute Gasteiger partial charge is 0.163 e. The summed E-state index contributed by atoms with van der Waals surface area (Å²) in [6.07, 6.45) is 1.01. The van der Waals surface area contributed by atoms with Crippen molar-refractivity contribution in [1.29, 1.82) is 0 Å². The number of hydrogen-bond acceptors (Lipinski definition) is 2. The van der Waals surface area contributed by atoms with Gasteiger partial charge in [0.05, 0.1) is 13.7 Å². The van der Waals surface area contributed by atoms with E-state index in [9.17, 15) is 0 Å². The molecule has 0 atom stereocenters. The molecular formula is C11H16O2. The first-order valence-electron chi connectivity index (χ1n) is 4.56.